The third-order valence-electron chi connectivity index (χ3n) is 3.23. The van der Waals surface area contributed by atoms with Gasteiger partial charge in [0.1, 0.15) is 6.61 Å². The number of primary amides is 1. The van der Waals surface area contributed by atoms with Gasteiger partial charge in [0.05, 0.1) is 0 Å². The Kier molecular flexibility index (Phi) is 3.76. The van der Waals surface area contributed by atoms with Crippen LogP contribution in [0.2, 0.25) is 0 Å². The maximum Gasteiger partial charge on any atom is 0.245 e. The largest absolute Gasteiger partial charge is 0.368 e. The highest BCUT2D eigenvalue weighted by Gasteiger charge is 2.31. The zero-order valence-corrected chi connectivity index (χ0v) is 9.98. The van der Waals surface area contributed by atoms with E-state index >= 15 is 0 Å². The van der Waals surface area contributed by atoms with Gasteiger partial charge in [-0.2, -0.15) is 5.48 Å². The number of carbonyl (C=O) groups excluding carboxylic acids is 1. The molecule has 0 radical (unpaired) electrons. The van der Waals surface area contributed by atoms with Gasteiger partial charge in [0.15, 0.2) is 0 Å². The molecule has 2 rings (SSSR count). The van der Waals surface area contributed by atoms with Gasteiger partial charge in [-0.05, 0) is 36.8 Å². The minimum absolute atomic E-state index is 0.0640. The summed E-state index contributed by atoms with van der Waals surface area (Å²) in [6.45, 7) is 2.07. The van der Waals surface area contributed by atoms with Crippen molar-refractivity contribution in [3.05, 3.63) is 35.4 Å². The molecule has 0 saturated heterocycles. The molecule has 4 heteroatoms. The molecule has 1 fully saturated rings. The third kappa shape index (κ3) is 3.05. The summed E-state index contributed by atoms with van der Waals surface area (Å²) in [5, 5.41) is 0. The smallest absolute Gasteiger partial charge is 0.245 e. The maximum absolute atomic E-state index is 10.5. The highest BCUT2D eigenvalue weighted by atomic mass is 16.6. The first-order valence-corrected chi connectivity index (χ1v) is 5.88. The summed E-state index contributed by atoms with van der Waals surface area (Å²) in [5.74, 6) is 0.151. The summed E-state index contributed by atoms with van der Waals surface area (Å²) in [6.07, 6.45) is 2.09. The number of hydrogen-bond acceptors (Lipinski definition) is 3. The number of rotatable bonds is 5. The van der Waals surface area contributed by atoms with E-state index in [2.05, 4.69) is 36.7 Å². The Labute approximate surface area is 101 Å². The summed E-state index contributed by atoms with van der Waals surface area (Å²) in [7, 11) is 0. The monoisotopic (exact) mass is 234 g/mol. The van der Waals surface area contributed by atoms with Crippen molar-refractivity contribution >= 4 is 5.91 Å². The molecule has 0 unspecified atom stereocenters. The van der Waals surface area contributed by atoms with E-state index in [4.69, 9.17) is 10.6 Å². The number of nitrogens with one attached hydrogen (secondary N) is 1. The Hall–Kier alpha value is -1.39. The number of nitrogens with two attached hydrogens (primary N) is 1. The molecule has 1 aliphatic carbocycles. The van der Waals surface area contributed by atoms with Crippen molar-refractivity contribution < 1.29 is 9.63 Å². The molecular formula is C13H18N2O2. The molecule has 0 aromatic heterocycles. The SMILES string of the molecule is Cc1ccccc1C1CC(NOCC(N)=O)C1. The Balaban J connectivity index is 1.76. The second-order valence-corrected chi connectivity index (χ2v) is 4.59. The number of hydroxylamine groups is 1. The van der Waals surface area contributed by atoms with E-state index in [1.54, 1.807) is 0 Å². The van der Waals surface area contributed by atoms with Gasteiger partial charge in [0, 0.05) is 6.04 Å². The molecule has 92 valence electrons. The normalized spacial score (nSPS) is 23.1. The summed E-state index contributed by atoms with van der Waals surface area (Å²) in [6, 6.07) is 8.79. The van der Waals surface area contributed by atoms with E-state index in [0.29, 0.717) is 12.0 Å². The molecule has 1 aromatic rings. The van der Waals surface area contributed by atoms with Crippen molar-refractivity contribution in [2.75, 3.05) is 6.61 Å². The first kappa shape index (κ1) is 12.1. The molecule has 1 aliphatic rings. The fraction of sp³-hybridized carbons (Fsp3) is 0.462. The molecule has 1 saturated carbocycles. The van der Waals surface area contributed by atoms with E-state index in [9.17, 15) is 4.79 Å². The summed E-state index contributed by atoms with van der Waals surface area (Å²) < 4.78 is 0. The molecule has 0 bridgehead atoms. The fourth-order valence-electron chi connectivity index (χ4n) is 2.24. The first-order valence-electron chi connectivity index (χ1n) is 5.88. The average molecular weight is 234 g/mol. The third-order valence-corrected chi connectivity index (χ3v) is 3.23. The van der Waals surface area contributed by atoms with E-state index < -0.39 is 5.91 Å². The van der Waals surface area contributed by atoms with Gasteiger partial charge in [-0.1, -0.05) is 24.3 Å². The quantitative estimate of drug-likeness (QED) is 0.754. The predicted octanol–water partition coefficient (Wildman–Crippen LogP) is 1.25. The molecule has 0 heterocycles. The van der Waals surface area contributed by atoms with E-state index in [0.717, 1.165) is 12.8 Å². The van der Waals surface area contributed by atoms with Gasteiger partial charge in [-0.15, -0.1) is 0 Å². The van der Waals surface area contributed by atoms with E-state index in [1.807, 2.05) is 0 Å². The van der Waals surface area contributed by atoms with Crippen molar-refractivity contribution in [3.63, 3.8) is 0 Å². The molecule has 1 aromatic carbocycles. The highest BCUT2D eigenvalue weighted by molar-refractivity contribution is 5.74. The topological polar surface area (TPSA) is 64.3 Å². The standard InChI is InChI=1S/C13H18N2O2/c1-9-4-2-3-5-12(9)10-6-11(7-10)15-17-8-13(14)16/h2-5,10-11,15H,6-8H2,1H3,(H2,14,16). The van der Waals surface area contributed by atoms with Gasteiger partial charge < -0.3 is 5.73 Å². The average Bonchev–Trinajstić information content (AvgIpc) is 2.23. The minimum atomic E-state index is -0.452. The van der Waals surface area contributed by atoms with Crippen LogP contribution in [-0.4, -0.2) is 18.6 Å². The van der Waals surface area contributed by atoms with Gasteiger partial charge in [-0.25, -0.2) is 0 Å². The van der Waals surface area contributed by atoms with Crippen LogP contribution in [0.1, 0.15) is 29.9 Å². The van der Waals surface area contributed by atoms with E-state index in [-0.39, 0.29) is 6.61 Å². The zero-order valence-electron chi connectivity index (χ0n) is 9.98. The molecular weight excluding hydrogens is 216 g/mol. The van der Waals surface area contributed by atoms with Gasteiger partial charge in [-0.3, -0.25) is 9.63 Å². The highest BCUT2D eigenvalue weighted by Crippen LogP contribution is 2.38. The van der Waals surface area contributed by atoms with Gasteiger partial charge in [0.25, 0.3) is 0 Å². The van der Waals surface area contributed by atoms with Crippen molar-refractivity contribution in [1.29, 1.82) is 0 Å². The Morgan fingerprint density at radius 3 is 2.82 bits per heavy atom. The van der Waals surface area contributed by atoms with Crippen LogP contribution < -0.4 is 11.2 Å². The predicted molar refractivity (Wildman–Crippen MR) is 65.2 cm³/mol. The lowest BCUT2D eigenvalue weighted by molar-refractivity contribution is -0.126. The maximum atomic E-state index is 10.5. The molecule has 4 nitrogen and oxygen atoms in total. The second-order valence-electron chi connectivity index (χ2n) is 4.59. The molecule has 0 aliphatic heterocycles. The Morgan fingerprint density at radius 1 is 1.47 bits per heavy atom. The van der Waals surface area contributed by atoms with Crippen molar-refractivity contribution in [3.8, 4) is 0 Å². The lowest BCUT2D eigenvalue weighted by Crippen LogP contribution is -2.41. The number of carbonyl (C=O) groups is 1. The zero-order chi connectivity index (χ0) is 12.3. The van der Waals surface area contributed by atoms with Gasteiger partial charge in [0.2, 0.25) is 5.91 Å². The molecule has 1 amide bonds. The van der Waals surface area contributed by atoms with Crippen LogP contribution in [0.15, 0.2) is 24.3 Å². The second kappa shape index (κ2) is 5.29. The van der Waals surface area contributed by atoms with Crippen LogP contribution in [0.4, 0.5) is 0 Å². The molecule has 3 N–H and O–H groups in total. The number of aryl methyl sites for hydroxylation is 1. The van der Waals surface area contributed by atoms with Crippen LogP contribution in [-0.2, 0) is 9.63 Å². The molecule has 0 spiro atoms. The van der Waals surface area contributed by atoms with Crippen molar-refractivity contribution in [2.24, 2.45) is 5.73 Å². The summed E-state index contributed by atoms with van der Waals surface area (Å²) in [4.78, 5) is 15.5. The van der Waals surface area contributed by atoms with Crippen molar-refractivity contribution in [2.45, 2.75) is 31.7 Å². The Bertz CT molecular complexity index is 400. The number of hydrogen-bond donors (Lipinski definition) is 2. The number of benzene rings is 1. The first-order chi connectivity index (χ1) is 8.16. The summed E-state index contributed by atoms with van der Waals surface area (Å²) in [5.41, 5.74) is 10.6. The minimum Gasteiger partial charge on any atom is -0.368 e. The van der Waals surface area contributed by atoms with Gasteiger partial charge >= 0.3 is 0 Å². The molecule has 17 heavy (non-hydrogen) atoms. The van der Waals surface area contributed by atoms with Crippen LogP contribution in [0, 0.1) is 6.92 Å². The lowest BCUT2D eigenvalue weighted by Gasteiger charge is -2.36. The van der Waals surface area contributed by atoms with Crippen LogP contribution in [0.3, 0.4) is 0 Å². The van der Waals surface area contributed by atoms with Crippen LogP contribution in [0.5, 0.6) is 0 Å². The fourth-order valence-corrected chi connectivity index (χ4v) is 2.24. The van der Waals surface area contributed by atoms with Crippen LogP contribution in [0.25, 0.3) is 0 Å². The van der Waals surface area contributed by atoms with E-state index in [1.165, 1.54) is 11.1 Å². The van der Waals surface area contributed by atoms with Crippen LogP contribution >= 0.6 is 0 Å². The van der Waals surface area contributed by atoms with Crippen molar-refractivity contribution in [1.82, 2.24) is 5.48 Å². The summed E-state index contributed by atoms with van der Waals surface area (Å²) >= 11 is 0. The Morgan fingerprint density at radius 2 is 2.18 bits per heavy atom. The lowest BCUT2D eigenvalue weighted by atomic mass is 9.75. The number of amides is 1. The molecule has 0 atom stereocenters.